The highest BCUT2D eigenvalue weighted by atomic mass is 32.2. The Kier molecular flexibility index (Phi) is 3.20. The molecule has 1 N–H and O–H groups in total. The van der Waals surface area contributed by atoms with E-state index in [1.165, 1.54) is 43.9 Å². The van der Waals surface area contributed by atoms with Gasteiger partial charge in [-0.15, -0.1) is 11.8 Å². The summed E-state index contributed by atoms with van der Waals surface area (Å²) < 4.78 is 0.987. The lowest BCUT2D eigenvalue weighted by Crippen LogP contribution is -2.47. The van der Waals surface area contributed by atoms with E-state index in [0.29, 0.717) is 5.92 Å². The van der Waals surface area contributed by atoms with Crippen molar-refractivity contribution in [3.05, 3.63) is 0 Å². The maximum Gasteiger partial charge on any atom is 0.313 e. The van der Waals surface area contributed by atoms with Gasteiger partial charge in [0.05, 0.1) is 9.95 Å². The summed E-state index contributed by atoms with van der Waals surface area (Å²) in [5.41, 5.74) is 0. The van der Waals surface area contributed by atoms with Gasteiger partial charge in [-0.3, -0.25) is 4.79 Å². The number of carboxylic acid groups (broad SMARTS) is 1. The number of hydrogen-bond acceptors (Lipinski definition) is 3. The SMILES string of the molecule is O=C(O)CSC(=S)C1C2CC3CC(C2)CC1C3. The topological polar surface area (TPSA) is 37.3 Å². The van der Waals surface area contributed by atoms with Crippen LogP contribution in [0.3, 0.4) is 0 Å². The molecule has 4 bridgehead atoms. The largest absolute Gasteiger partial charge is 0.481 e. The van der Waals surface area contributed by atoms with Crippen molar-refractivity contribution in [2.45, 2.75) is 32.1 Å². The summed E-state index contributed by atoms with van der Waals surface area (Å²) in [4.78, 5) is 10.6. The van der Waals surface area contributed by atoms with Crippen molar-refractivity contribution in [1.29, 1.82) is 0 Å². The van der Waals surface area contributed by atoms with Gasteiger partial charge in [0.1, 0.15) is 0 Å². The third kappa shape index (κ3) is 2.26. The second-order valence-electron chi connectivity index (χ2n) is 5.96. The van der Waals surface area contributed by atoms with Crippen LogP contribution in [0.15, 0.2) is 0 Å². The molecule has 0 atom stereocenters. The predicted octanol–water partition coefficient (Wildman–Crippen LogP) is 3.20. The maximum absolute atomic E-state index is 10.6. The molecule has 2 nitrogen and oxygen atoms in total. The summed E-state index contributed by atoms with van der Waals surface area (Å²) >= 11 is 6.90. The minimum absolute atomic E-state index is 0.141. The number of rotatable bonds is 3. The first kappa shape index (κ1) is 12.0. The molecule has 0 aliphatic heterocycles. The van der Waals surface area contributed by atoms with Gasteiger partial charge in [0.2, 0.25) is 0 Å². The highest BCUT2D eigenvalue weighted by Crippen LogP contribution is 2.57. The Bertz CT molecular complexity index is 325. The molecular weight excluding hydrogens is 252 g/mol. The van der Waals surface area contributed by atoms with Crippen LogP contribution in [-0.2, 0) is 4.79 Å². The number of hydrogen-bond donors (Lipinski definition) is 1. The molecule has 0 spiro atoms. The van der Waals surface area contributed by atoms with E-state index in [4.69, 9.17) is 17.3 Å². The smallest absolute Gasteiger partial charge is 0.313 e. The molecule has 0 radical (unpaired) electrons. The van der Waals surface area contributed by atoms with Gasteiger partial charge in [-0.05, 0) is 55.8 Å². The first-order valence-electron chi connectivity index (χ1n) is 6.52. The van der Waals surface area contributed by atoms with Gasteiger partial charge in [-0.2, -0.15) is 0 Å². The Balaban J connectivity index is 1.67. The zero-order valence-electron chi connectivity index (χ0n) is 9.80. The summed E-state index contributed by atoms with van der Waals surface area (Å²) in [5, 5.41) is 8.73. The number of carboxylic acids is 1. The number of thiocarbonyl (C=S) groups is 1. The highest BCUT2D eigenvalue weighted by molar-refractivity contribution is 8.23. The molecule has 0 saturated heterocycles. The Labute approximate surface area is 112 Å². The molecule has 4 aliphatic rings. The summed E-state index contributed by atoms with van der Waals surface area (Å²) in [6.07, 6.45) is 6.86. The van der Waals surface area contributed by atoms with Crippen molar-refractivity contribution in [2.75, 3.05) is 5.75 Å². The highest BCUT2D eigenvalue weighted by Gasteiger charge is 2.49. The molecule has 0 aromatic heterocycles. The fourth-order valence-electron chi connectivity index (χ4n) is 4.54. The summed E-state index contributed by atoms with van der Waals surface area (Å²) in [6.45, 7) is 0. The predicted molar refractivity (Wildman–Crippen MR) is 73.2 cm³/mol. The first-order valence-corrected chi connectivity index (χ1v) is 7.91. The normalized spacial score (nSPS) is 42.7. The van der Waals surface area contributed by atoms with Crippen LogP contribution >= 0.6 is 24.0 Å². The van der Waals surface area contributed by atoms with E-state index in [1.54, 1.807) is 0 Å². The quantitative estimate of drug-likeness (QED) is 0.799. The van der Waals surface area contributed by atoms with Crippen LogP contribution in [-0.4, -0.2) is 21.0 Å². The van der Waals surface area contributed by atoms with Gasteiger partial charge >= 0.3 is 5.97 Å². The van der Waals surface area contributed by atoms with Crippen LogP contribution in [0.1, 0.15) is 32.1 Å². The van der Waals surface area contributed by atoms with Crippen molar-refractivity contribution in [3.8, 4) is 0 Å². The van der Waals surface area contributed by atoms with E-state index in [9.17, 15) is 4.79 Å². The molecule has 0 aromatic carbocycles. The van der Waals surface area contributed by atoms with E-state index in [1.807, 2.05) is 0 Å². The molecule has 4 aliphatic carbocycles. The summed E-state index contributed by atoms with van der Waals surface area (Å²) in [6, 6.07) is 0. The molecule has 17 heavy (non-hydrogen) atoms. The molecule has 0 amide bonds. The molecule has 94 valence electrons. The van der Waals surface area contributed by atoms with Crippen LogP contribution in [0.2, 0.25) is 0 Å². The average Bonchev–Trinajstić information content (AvgIpc) is 2.24. The van der Waals surface area contributed by atoms with Crippen molar-refractivity contribution in [3.63, 3.8) is 0 Å². The molecule has 0 unspecified atom stereocenters. The average molecular weight is 270 g/mol. The van der Waals surface area contributed by atoms with E-state index in [2.05, 4.69) is 0 Å². The second-order valence-corrected chi connectivity index (χ2v) is 7.67. The van der Waals surface area contributed by atoms with Crippen molar-refractivity contribution in [1.82, 2.24) is 0 Å². The van der Waals surface area contributed by atoms with Crippen LogP contribution in [0.4, 0.5) is 0 Å². The summed E-state index contributed by atoms with van der Waals surface area (Å²) in [7, 11) is 0. The number of aliphatic carboxylic acids is 1. The Morgan fingerprint density at radius 3 is 2.12 bits per heavy atom. The minimum Gasteiger partial charge on any atom is -0.481 e. The van der Waals surface area contributed by atoms with E-state index >= 15 is 0 Å². The van der Waals surface area contributed by atoms with Crippen LogP contribution in [0.25, 0.3) is 0 Å². The zero-order valence-corrected chi connectivity index (χ0v) is 11.4. The van der Waals surface area contributed by atoms with Crippen LogP contribution in [0, 0.1) is 29.6 Å². The Morgan fingerprint density at radius 1 is 1.12 bits per heavy atom. The van der Waals surface area contributed by atoms with Gasteiger partial charge in [0, 0.05) is 5.92 Å². The first-order chi connectivity index (χ1) is 8.13. The lowest BCUT2D eigenvalue weighted by atomic mass is 9.52. The third-order valence-corrected chi connectivity index (χ3v) is 6.41. The monoisotopic (exact) mass is 270 g/mol. The van der Waals surface area contributed by atoms with Gasteiger partial charge < -0.3 is 5.11 Å². The second kappa shape index (κ2) is 4.54. The van der Waals surface area contributed by atoms with Gasteiger partial charge in [-0.25, -0.2) is 0 Å². The van der Waals surface area contributed by atoms with Gasteiger partial charge in [0.25, 0.3) is 0 Å². The fraction of sp³-hybridized carbons (Fsp3) is 0.846. The summed E-state index contributed by atoms with van der Waals surface area (Å²) in [5.74, 6) is 3.41. The van der Waals surface area contributed by atoms with Gasteiger partial charge in [0.15, 0.2) is 0 Å². The Hall–Kier alpha value is -0.0900. The van der Waals surface area contributed by atoms with E-state index < -0.39 is 5.97 Å². The molecule has 0 heterocycles. The fourth-order valence-corrected chi connectivity index (χ4v) is 5.94. The molecule has 4 heteroatoms. The molecule has 0 aromatic rings. The number of thioether (sulfide) groups is 1. The van der Waals surface area contributed by atoms with Crippen molar-refractivity contribution < 1.29 is 9.90 Å². The third-order valence-electron chi connectivity index (χ3n) is 4.84. The number of carbonyl (C=O) groups is 1. The Morgan fingerprint density at radius 2 is 1.65 bits per heavy atom. The molecule has 4 rings (SSSR count). The van der Waals surface area contributed by atoms with Crippen molar-refractivity contribution in [2.24, 2.45) is 29.6 Å². The van der Waals surface area contributed by atoms with Crippen LogP contribution < -0.4 is 0 Å². The lowest BCUT2D eigenvalue weighted by Gasteiger charge is -2.54. The maximum atomic E-state index is 10.6. The lowest BCUT2D eigenvalue weighted by molar-refractivity contribution is -0.133. The van der Waals surface area contributed by atoms with Crippen LogP contribution in [0.5, 0.6) is 0 Å². The minimum atomic E-state index is -0.749. The van der Waals surface area contributed by atoms with Crippen molar-refractivity contribution >= 4 is 34.1 Å². The van der Waals surface area contributed by atoms with E-state index in [-0.39, 0.29) is 5.75 Å². The standard InChI is InChI=1S/C13H18O2S2/c14-11(15)6-17-13(16)12-9-2-7-1-8(4-9)5-10(12)3-7/h7-10,12H,1-6H2,(H,14,15). The molecule has 4 fully saturated rings. The molecular formula is C13H18O2S2. The molecule has 4 saturated carbocycles. The van der Waals surface area contributed by atoms with Gasteiger partial charge in [-0.1, -0.05) is 12.2 Å². The van der Waals surface area contributed by atoms with E-state index in [0.717, 1.165) is 27.9 Å². The zero-order chi connectivity index (χ0) is 12.0.